The molecule has 0 saturated carbocycles. The van der Waals surface area contributed by atoms with E-state index in [0.29, 0.717) is 11.4 Å². The van der Waals surface area contributed by atoms with E-state index in [1.807, 2.05) is 30.3 Å². The van der Waals surface area contributed by atoms with E-state index in [1.54, 1.807) is 45.0 Å². The lowest BCUT2D eigenvalue weighted by Gasteiger charge is -2.37. The zero-order valence-corrected chi connectivity index (χ0v) is 18.2. The van der Waals surface area contributed by atoms with Crippen molar-refractivity contribution in [2.75, 3.05) is 0 Å². The van der Waals surface area contributed by atoms with Crippen LogP contribution in [0.2, 0.25) is 5.02 Å². The Bertz CT molecular complexity index is 874. The molecule has 1 fully saturated rings. The molecule has 154 valence electrons. The van der Waals surface area contributed by atoms with Crippen molar-refractivity contribution in [3.05, 3.63) is 70.7 Å². The average molecular weight is 435 g/mol. The van der Waals surface area contributed by atoms with Gasteiger partial charge in [0, 0.05) is 10.9 Å². The van der Waals surface area contributed by atoms with Crippen LogP contribution in [-0.4, -0.2) is 28.5 Å². The summed E-state index contributed by atoms with van der Waals surface area (Å²) in [6.07, 6.45) is 0.387. The van der Waals surface area contributed by atoms with Crippen molar-refractivity contribution in [2.45, 2.75) is 56.1 Å². The zero-order valence-electron chi connectivity index (χ0n) is 16.7. The van der Waals surface area contributed by atoms with Crippen LogP contribution in [0.15, 0.2) is 54.6 Å². The number of hydrogen-bond acceptors (Lipinski definition) is 4. The van der Waals surface area contributed by atoms with Gasteiger partial charge in [-0.3, -0.25) is 4.79 Å². The molecule has 4 nitrogen and oxygen atoms in total. The van der Waals surface area contributed by atoms with Gasteiger partial charge in [-0.2, -0.15) is 0 Å². The Morgan fingerprint density at radius 1 is 1.17 bits per heavy atom. The summed E-state index contributed by atoms with van der Waals surface area (Å²) in [5.41, 5.74) is -0.694. The van der Waals surface area contributed by atoms with E-state index in [1.165, 1.54) is 0 Å². The minimum absolute atomic E-state index is 0.0406. The molecule has 0 unspecified atom stereocenters. The first-order chi connectivity index (χ1) is 13.6. The van der Waals surface area contributed by atoms with E-state index < -0.39 is 34.4 Å². The number of cyclic esters (lactones) is 1. The molecule has 1 saturated heterocycles. The predicted octanol–water partition coefficient (Wildman–Crippen LogP) is 5.30. The van der Waals surface area contributed by atoms with Gasteiger partial charge >= 0.3 is 11.9 Å². The molecule has 1 aliphatic rings. The number of halogens is 2. The maximum atomic E-state index is 13.4. The zero-order chi connectivity index (χ0) is 21.2. The highest BCUT2D eigenvalue weighted by atomic mass is 35.5. The van der Waals surface area contributed by atoms with Gasteiger partial charge in [-0.25, -0.2) is 4.79 Å². The largest absolute Gasteiger partial charge is 0.457 e. The molecular formula is C23H24Cl2O4. The van der Waals surface area contributed by atoms with Crippen molar-refractivity contribution in [1.29, 1.82) is 0 Å². The van der Waals surface area contributed by atoms with Gasteiger partial charge in [0.2, 0.25) is 5.60 Å². The fourth-order valence-electron chi connectivity index (χ4n) is 3.60. The molecule has 29 heavy (non-hydrogen) atoms. The molecule has 0 aromatic heterocycles. The predicted molar refractivity (Wildman–Crippen MR) is 113 cm³/mol. The molecule has 1 heterocycles. The molecule has 0 radical (unpaired) electrons. The van der Waals surface area contributed by atoms with E-state index in [9.17, 15) is 9.59 Å². The highest BCUT2D eigenvalue weighted by Crippen LogP contribution is 2.47. The van der Waals surface area contributed by atoms with Gasteiger partial charge < -0.3 is 9.47 Å². The van der Waals surface area contributed by atoms with Crippen molar-refractivity contribution >= 4 is 35.1 Å². The van der Waals surface area contributed by atoms with Crippen molar-refractivity contribution in [3.63, 3.8) is 0 Å². The maximum absolute atomic E-state index is 13.4. The van der Waals surface area contributed by atoms with Crippen LogP contribution in [0, 0.1) is 0 Å². The first kappa shape index (κ1) is 21.7. The lowest BCUT2D eigenvalue weighted by atomic mass is 9.77. The number of carbonyl (C=O) groups excluding carboxylic acids is 2. The summed E-state index contributed by atoms with van der Waals surface area (Å²) in [4.78, 5) is 25.8. The molecule has 0 N–H and O–H groups in total. The molecule has 3 rings (SSSR count). The Kier molecular flexibility index (Phi) is 6.25. The molecule has 2 aromatic carbocycles. The fraction of sp³-hybridized carbons (Fsp3) is 0.391. The lowest BCUT2D eigenvalue weighted by molar-refractivity contribution is -0.184. The van der Waals surface area contributed by atoms with E-state index in [0.717, 1.165) is 11.1 Å². The van der Waals surface area contributed by atoms with E-state index >= 15 is 0 Å². The summed E-state index contributed by atoms with van der Waals surface area (Å²) < 4.78 is 11.4. The van der Waals surface area contributed by atoms with E-state index in [4.69, 9.17) is 32.7 Å². The van der Waals surface area contributed by atoms with Crippen LogP contribution in [0.1, 0.15) is 44.2 Å². The topological polar surface area (TPSA) is 52.6 Å². The monoisotopic (exact) mass is 434 g/mol. The number of ether oxygens (including phenoxy) is 2. The molecule has 6 heteroatoms. The number of carbonyl (C=O) groups is 2. The van der Waals surface area contributed by atoms with Gasteiger partial charge in [0.15, 0.2) is 0 Å². The molecule has 0 spiro atoms. The summed E-state index contributed by atoms with van der Waals surface area (Å²) >= 11 is 12.9. The molecule has 1 aliphatic heterocycles. The van der Waals surface area contributed by atoms with Crippen LogP contribution in [0.3, 0.4) is 0 Å². The maximum Gasteiger partial charge on any atom is 0.353 e. The summed E-state index contributed by atoms with van der Waals surface area (Å²) in [6.45, 7) is 5.31. The lowest BCUT2D eigenvalue weighted by Crippen LogP contribution is -2.54. The van der Waals surface area contributed by atoms with Crippen LogP contribution in [0.5, 0.6) is 0 Å². The van der Waals surface area contributed by atoms with Gasteiger partial charge in [0.05, 0.1) is 11.8 Å². The number of alkyl halides is 1. The Morgan fingerprint density at radius 3 is 2.38 bits per heavy atom. The average Bonchev–Trinajstić information content (AvgIpc) is 3.00. The number of esters is 2. The Labute approximate surface area is 181 Å². The molecule has 2 aromatic rings. The second-order valence-corrected chi connectivity index (χ2v) is 9.20. The molecule has 0 bridgehead atoms. The molecule has 3 atom stereocenters. The Balaban J connectivity index is 2.06. The standard InChI is InChI=1S/C23H24Cl2O4/c1-22(2,3)29-21(27)23(19(25)13-15-7-5-4-6-8-15)18(14-20(26)28-23)16-9-11-17(24)12-10-16/h4-12,18-19H,13-14H2,1-3H3/t18-,19+,23-/m0/s1. The van der Waals surface area contributed by atoms with Gasteiger partial charge in [0.25, 0.3) is 0 Å². The first-order valence-electron chi connectivity index (χ1n) is 9.50. The highest BCUT2D eigenvalue weighted by Gasteiger charge is 2.61. The van der Waals surface area contributed by atoms with E-state index in [2.05, 4.69) is 0 Å². The summed E-state index contributed by atoms with van der Waals surface area (Å²) in [5.74, 6) is -1.69. The summed E-state index contributed by atoms with van der Waals surface area (Å²) in [5, 5.41) is -0.250. The molecular weight excluding hydrogens is 411 g/mol. The minimum Gasteiger partial charge on any atom is -0.457 e. The van der Waals surface area contributed by atoms with Crippen LogP contribution in [0.25, 0.3) is 0 Å². The van der Waals surface area contributed by atoms with Crippen molar-refractivity contribution < 1.29 is 19.1 Å². The first-order valence-corrected chi connectivity index (χ1v) is 10.3. The SMILES string of the molecule is CC(C)(C)OC(=O)[C@]1([C@H](Cl)Cc2ccccc2)OC(=O)C[C@H]1c1ccc(Cl)cc1. The van der Waals surface area contributed by atoms with Gasteiger partial charge in [0.1, 0.15) is 5.60 Å². The van der Waals surface area contributed by atoms with Gasteiger partial charge in [-0.05, 0) is 50.5 Å². The van der Waals surface area contributed by atoms with Crippen LogP contribution in [0.4, 0.5) is 0 Å². The Morgan fingerprint density at radius 2 is 1.79 bits per heavy atom. The number of rotatable bonds is 5. The second kappa shape index (κ2) is 8.37. The summed E-state index contributed by atoms with van der Waals surface area (Å²) in [6, 6.07) is 16.6. The van der Waals surface area contributed by atoms with Crippen molar-refractivity contribution in [1.82, 2.24) is 0 Å². The van der Waals surface area contributed by atoms with Crippen LogP contribution >= 0.6 is 23.2 Å². The smallest absolute Gasteiger partial charge is 0.353 e. The van der Waals surface area contributed by atoms with E-state index in [-0.39, 0.29) is 6.42 Å². The van der Waals surface area contributed by atoms with Gasteiger partial charge in [-0.15, -0.1) is 11.6 Å². The Hall–Kier alpha value is -2.04. The number of hydrogen-bond donors (Lipinski definition) is 0. The van der Waals surface area contributed by atoms with Crippen LogP contribution in [-0.2, 0) is 25.5 Å². The van der Waals surface area contributed by atoms with Crippen molar-refractivity contribution in [3.8, 4) is 0 Å². The van der Waals surface area contributed by atoms with Crippen LogP contribution < -0.4 is 0 Å². The third kappa shape index (κ3) is 4.76. The molecule has 0 amide bonds. The number of benzene rings is 2. The van der Waals surface area contributed by atoms with Gasteiger partial charge in [-0.1, -0.05) is 54.1 Å². The minimum atomic E-state index is -1.63. The summed E-state index contributed by atoms with van der Waals surface area (Å²) in [7, 11) is 0. The fourth-order valence-corrected chi connectivity index (χ4v) is 4.19. The third-order valence-corrected chi connectivity index (χ3v) is 5.62. The molecule has 0 aliphatic carbocycles. The van der Waals surface area contributed by atoms with Crippen molar-refractivity contribution in [2.24, 2.45) is 0 Å². The normalized spacial score (nSPS) is 22.8. The third-order valence-electron chi connectivity index (χ3n) is 4.88. The quantitative estimate of drug-likeness (QED) is 0.473. The highest BCUT2D eigenvalue weighted by molar-refractivity contribution is 6.30. The second-order valence-electron chi connectivity index (χ2n) is 8.23.